The van der Waals surface area contributed by atoms with Crippen molar-refractivity contribution in [1.29, 1.82) is 0 Å². The van der Waals surface area contributed by atoms with Crippen LogP contribution < -0.4 is 5.32 Å². The molecule has 0 spiro atoms. The van der Waals surface area contributed by atoms with Gasteiger partial charge < -0.3 is 9.84 Å². The molecule has 0 bridgehead atoms. The molecule has 4 nitrogen and oxygen atoms in total. The molecular weight excluding hydrogens is 274 g/mol. The quantitative estimate of drug-likeness (QED) is 0.845. The lowest BCUT2D eigenvalue weighted by Crippen LogP contribution is -2.17. The van der Waals surface area contributed by atoms with Crippen LogP contribution in [0.3, 0.4) is 0 Å². The highest BCUT2D eigenvalue weighted by Crippen LogP contribution is 2.38. The van der Waals surface area contributed by atoms with Crippen molar-refractivity contribution in [2.24, 2.45) is 5.92 Å². The number of aromatic nitrogens is 2. The highest BCUT2D eigenvalue weighted by molar-refractivity contribution is 5.67. The number of benzene rings is 1. The number of nitrogens with one attached hydrogen (secondary N) is 1. The Morgan fingerprint density at radius 2 is 2.09 bits per heavy atom. The normalized spacial score (nSPS) is 15.5. The van der Waals surface area contributed by atoms with E-state index in [4.69, 9.17) is 4.52 Å². The fourth-order valence-corrected chi connectivity index (χ4v) is 2.46. The van der Waals surface area contributed by atoms with Gasteiger partial charge in [0.2, 0.25) is 5.89 Å². The summed E-state index contributed by atoms with van der Waals surface area (Å²) < 4.78 is 5.28. The second-order valence-electron chi connectivity index (χ2n) is 6.23. The van der Waals surface area contributed by atoms with Crippen LogP contribution in [0.5, 0.6) is 0 Å². The molecule has 1 aliphatic carbocycles. The third-order valence-corrected chi connectivity index (χ3v) is 3.69. The van der Waals surface area contributed by atoms with Gasteiger partial charge in [0.05, 0.1) is 6.54 Å². The molecule has 0 saturated heterocycles. The van der Waals surface area contributed by atoms with E-state index in [0.717, 1.165) is 18.3 Å². The van der Waals surface area contributed by atoms with Crippen LogP contribution in [0.15, 0.2) is 40.9 Å². The second-order valence-corrected chi connectivity index (χ2v) is 6.23. The number of hydrogen-bond donors (Lipinski definition) is 1. The lowest BCUT2D eigenvalue weighted by atomic mass is 10.0. The number of allylic oxidation sites excluding steroid dienone is 1. The minimum atomic E-state index is 0.516. The zero-order valence-corrected chi connectivity index (χ0v) is 13.2. The van der Waals surface area contributed by atoms with Gasteiger partial charge in [0, 0.05) is 12.5 Å². The fourth-order valence-electron chi connectivity index (χ4n) is 2.46. The summed E-state index contributed by atoms with van der Waals surface area (Å²) in [5.74, 6) is 2.59. The third-order valence-electron chi connectivity index (χ3n) is 3.69. The Hall–Kier alpha value is -1.94. The van der Waals surface area contributed by atoms with Gasteiger partial charge in [0.25, 0.3) is 0 Å². The van der Waals surface area contributed by atoms with E-state index in [9.17, 15) is 0 Å². The SMILES string of the molecule is CC(C)/C=C(\CNCc1noc(C2CC2)n1)c1ccccc1. The Bertz CT molecular complexity index is 627. The molecule has 0 atom stereocenters. The van der Waals surface area contributed by atoms with Crippen LogP contribution in [0, 0.1) is 5.92 Å². The average Bonchev–Trinajstić information content (AvgIpc) is 3.26. The average molecular weight is 297 g/mol. The van der Waals surface area contributed by atoms with Crippen molar-refractivity contribution in [3.05, 3.63) is 53.7 Å². The molecule has 0 unspecified atom stereocenters. The van der Waals surface area contributed by atoms with Crippen LogP contribution >= 0.6 is 0 Å². The molecule has 0 amide bonds. The first-order chi connectivity index (χ1) is 10.7. The van der Waals surface area contributed by atoms with Crippen molar-refractivity contribution in [3.8, 4) is 0 Å². The van der Waals surface area contributed by atoms with Gasteiger partial charge >= 0.3 is 0 Å². The molecule has 116 valence electrons. The van der Waals surface area contributed by atoms with Crippen molar-refractivity contribution in [1.82, 2.24) is 15.5 Å². The first-order valence-corrected chi connectivity index (χ1v) is 8.01. The molecule has 2 aromatic rings. The van der Waals surface area contributed by atoms with Crippen LogP contribution in [-0.2, 0) is 6.54 Å². The highest BCUT2D eigenvalue weighted by Gasteiger charge is 2.29. The number of rotatable bonds is 7. The van der Waals surface area contributed by atoms with E-state index in [1.54, 1.807) is 0 Å². The minimum absolute atomic E-state index is 0.516. The maximum atomic E-state index is 5.28. The van der Waals surface area contributed by atoms with Crippen LogP contribution in [0.4, 0.5) is 0 Å². The van der Waals surface area contributed by atoms with Gasteiger partial charge in [-0.15, -0.1) is 0 Å². The van der Waals surface area contributed by atoms with Crippen LogP contribution in [0.2, 0.25) is 0 Å². The lowest BCUT2D eigenvalue weighted by molar-refractivity contribution is 0.373. The summed E-state index contributed by atoms with van der Waals surface area (Å²) in [5, 5.41) is 7.46. The Morgan fingerprint density at radius 1 is 1.32 bits per heavy atom. The first kappa shape index (κ1) is 15.0. The van der Waals surface area contributed by atoms with Gasteiger partial charge in [-0.3, -0.25) is 0 Å². The third kappa shape index (κ3) is 4.04. The topological polar surface area (TPSA) is 51.0 Å². The first-order valence-electron chi connectivity index (χ1n) is 8.01. The molecule has 1 saturated carbocycles. The molecule has 1 aromatic carbocycles. The van der Waals surface area contributed by atoms with Crippen molar-refractivity contribution in [2.45, 2.75) is 39.2 Å². The molecule has 1 aliphatic rings. The summed E-state index contributed by atoms with van der Waals surface area (Å²) >= 11 is 0. The van der Waals surface area contributed by atoms with E-state index in [1.165, 1.54) is 24.0 Å². The van der Waals surface area contributed by atoms with E-state index in [1.807, 2.05) is 6.07 Å². The Balaban J connectivity index is 1.59. The van der Waals surface area contributed by atoms with Crippen molar-refractivity contribution >= 4 is 5.57 Å². The van der Waals surface area contributed by atoms with E-state index < -0.39 is 0 Å². The molecule has 1 N–H and O–H groups in total. The summed E-state index contributed by atoms with van der Waals surface area (Å²) in [6.07, 6.45) is 4.67. The second kappa shape index (κ2) is 6.88. The van der Waals surface area contributed by atoms with Crippen LogP contribution in [0.25, 0.3) is 5.57 Å². The number of nitrogens with zero attached hydrogens (tertiary/aromatic N) is 2. The Morgan fingerprint density at radius 3 is 2.77 bits per heavy atom. The minimum Gasteiger partial charge on any atom is -0.339 e. The summed E-state index contributed by atoms with van der Waals surface area (Å²) in [5.41, 5.74) is 2.57. The molecule has 3 rings (SSSR count). The summed E-state index contributed by atoms with van der Waals surface area (Å²) in [6.45, 7) is 5.84. The molecule has 1 heterocycles. The smallest absolute Gasteiger partial charge is 0.229 e. The van der Waals surface area contributed by atoms with Gasteiger partial charge in [-0.2, -0.15) is 4.98 Å². The zero-order chi connectivity index (χ0) is 15.4. The predicted molar refractivity (Wildman–Crippen MR) is 87.2 cm³/mol. The molecule has 4 heteroatoms. The van der Waals surface area contributed by atoms with Gasteiger partial charge in [-0.05, 0) is 29.9 Å². The van der Waals surface area contributed by atoms with Gasteiger partial charge in [-0.1, -0.05) is 55.4 Å². The van der Waals surface area contributed by atoms with Crippen molar-refractivity contribution < 1.29 is 4.52 Å². The van der Waals surface area contributed by atoms with E-state index >= 15 is 0 Å². The summed E-state index contributed by atoms with van der Waals surface area (Å²) in [7, 11) is 0. The van der Waals surface area contributed by atoms with Crippen LogP contribution in [0.1, 0.15) is 49.9 Å². The van der Waals surface area contributed by atoms with Gasteiger partial charge in [0.15, 0.2) is 5.82 Å². The van der Waals surface area contributed by atoms with E-state index in [0.29, 0.717) is 18.4 Å². The van der Waals surface area contributed by atoms with E-state index in [-0.39, 0.29) is 0 Å². The monoisotopic (exact) mass is 297 g/mol. The molecule has 1 aromatic heterocycles. The largest absolute Gasteiger partial charge is 0.339 e. The fraction of sp³-hybridized carbons (Fsp3) is 0.444. The molecular formula is C18H23N3O. The molecule has 0 radical (unpaired) electrons. The Kier molecular flexibility index (Phi) is 4.68. The standard InChI is InChI=1S/C18H23N3O/c1-13(2)10-16(14-6-4-3-5-7-14)11-19-12-17-20-18(22-21-17)15-8-9-15/h3-7,10,13,15,19H,8-9,11-12H2,1-2H3/b16-10+. The maximum Gasteiger partial charge on any atom is 0.229 e. The summed E-state index contributed by atoms with van der Waals surface area (Å²) in [4.78, 5) is 4.44. The lowest BCUT2D eigenvalue weighted by Gasteiger charge is -2.10. The predicted octanol–water partition coefficient (Wildman–Crippen LogP) is 3.78. The van der Waals surface area contributed by atoms with Gasteiger partial charge in [-0.25, -0.2) is 0 Å². The van der Waals surface area contributed by atoms with Gasteiger partial charge in [0.1, 0.15) is 0 Å². The van der Waals surface area contributed by atoms with Crippen molar-refractivity contribution in [2.75, 3.05) is 6.54 Å². The highest BCUT2D eigenvalue weighted by atomic mass is 16.5. The number of hydrogen-bond acceptors (Lipinski definition) is 4. The molecule has 22 heavy (non-hydrogen) atoms. The summed E-state index contributed by atoms with van der Waals surface area (Å²) in [6, 6.07) is 10.5. The van der Waals surface area contributed by atoms with Crippen molar-refractivity contribution in [3.63, 3.8) is 0 Å². The molecule has 1 fully saturated rings. The zero-order valence-electron chi connectivity index (χ0n) is 13.2. The van der Waals surface area contributed by atoms with Crippen LogP contribution in [-0.4, -0.2) is 16.7 Å². The molecule has 0 aliphatic heterocycles. The maximum absolute atomic E-state index is 5.28. The Labute approximate surface area is 131 Å². The van der Waals surface area contributed by atoms with E-state index in [2.05, 4.69) is 59.6 Å².